The highest BCUT2D eigenvalue weighted by atomic mass is 19.1. The Kier molecular flexibility index (Phi) is 5.02. The number of nitrogens with zero attached hydrogens (tertiary/aromatic N) is 2. The Hall–Kier alpha value is -1.33. The summed E-state index contributed by atoms with van der Waals surface area (Å²) in [5.41, 5.74) is 1.70. The van der Waals surface area contributed by atoms with E-state index in [9.17, 15) is 4.39 Å². The largest absolute Gasteiger partial charge is 0.493 e. The van der Waals surface area contributed by atoms with Crippen molar-refractivity contribution in [3.8, 4) is 11.5 Å². The Labute approximate surface area is 174 Å². The van der Waals surface area contributed by atoms with Crippen molar-refractivity contribution in [2.45, 2.75) is 63.2 Å². The van der Waals surface area contributed by atoms with E-state index in [0.29, 0.717) is 25.1 Å². The SMILES string of the molecule is COc1cc2c(cc1OCC1CC1(C)F)CCN1CC(CC3CCC3)N(C)CC21. The molecule has 1 saturated heterocycles. The minimum atomic E-state index is -1.05. The van der Waals surface area contributed by atoms with Gasteiger partial charge in [-0.25, -0.2) is 4.39 Å². The first kappa shape index (κ1) is 19.6. The highest BCUT2D eigenvalue weighted by Crippen LogP contribution is 2.48. The number of fused-ring (bicyclic) bond motifs is 3. The van der Waals surface area contributed by atoms with E-state index < -0.39 is 5.67 Å². The summed E-state index contributed by atoms with van der Waals surface area (Å²) >= 11 is 0. The molecular formula is C24H35FN2O2. The molecule has 2 saturated carbocycles. The zero-order chi connectivity index (χ0) is 20.2. The lowest BCUT2D eigenvalue weighted by molar-refractivity contribution is 0.0217. The number of benzene rings is 1. The fourth-order valence-corrected chi connectivity index (χ4v) is 5.51. The first-order chi connectivity index (χ1) is 13.9. The first-order valence-corrected chi connectivity index (χ1v) is 11.4. The lowest BCUT2D eigenvalue weighted by Gasteiger charge is -2.49. The second-order valence-electron chi connectivity index (χ2n) is 10.1. The van der Waals surface area contributed by atoms with E-state index in [2.05, 4.69) is 29.0 Å². The van der Waals surface area contributed by atoms with Crippen LogP contribution >= 0.6 is 0 Å². The first-order valence-electron chi connectivity index (χ1n) is 11.4. The molecule has 2 aliphatic carbocycles. The van der Waals surface area contributed by atoms with Crippen LogP contribution in [0.1, 0.15) is 56.2 Å². The van der Waals surface area contributed by atoms with Crippen molar-refractivity contribution in [3.05, 3.63) is 23.3 Å². The summed E-state index contributed by atoms with van der Waals surface area (Å²) in [5, 5.41) is 0. The molecule has 1 aromatic carbocycles. The Bertz CT molecular complexity index is 763. The van der Waals surface area contributed by atoms with E-state index in [1.54, 1.807) is 14.0 Å². The molecule has 0 amide bonds. The third kappa shape index (κ3) is 3.76. The number of ether oxygens (including phenoxy) is 2. The van der Waals surface area contributed by atoms with E-state index in [1.807, 2.05) is 0 Å². The maximum atomic E-state index is 13.9. The summed E-state index contributed by atoms with van der Waals surface area (Å²) in [6, 6.07) is 5.46. The minimum Gasteiger partial charge on any atom is -0.493 e. The smallest absolute Gasteiger partial charge is 0.161 e. The zero-order valence-corrected chi connectivity index (χ0v) is 18.1. The van der Waals surface area contributed by atoms with Gasteiger partial charge in [0.25, 0.3) is 0 Å². The van der Waals surface area contributed by atoms with Crippen molar-refractivity contribution in [3.63, 3.8) is 0 Å². The molecule has 0 spiro atoms. The third-order valence-corrected chi connectivity index (χ3v) is 8.03. The van der Waals surface area contributed by atoms with Crippen LogP contribution in [0.3, 0.4) is 0 Å². The Morgan fingerprint density at radius 3 is 2.66 bits per heavy atom. The molecule has 2 aliphatic heterocycles. The molecule has 5 rings (SSSR count). The molecule has 5 heteroatoms. The number of likely N-dealkylation sites (N-methyl/N-ethyl adjacent to an activating group) is 1. The topological polar surface area (TPSA) is 24.9 Å². The summed E-state index contributed by atoms with van der Waals surface area (Å²) in [5.74, 6) is 2.52. The average Bonchev–Trinajstić information content (AvgIpc) is 3.29. The fraction of sp³-hybridized carbons (Fsp3) is 0.750. The number of piperazine rings is 1. The molecule has 4 aliphatic rings. The average molecular weight is 403 g/mol. The third-order valence-electron chi connectivity index (χ3n) is 8.03. The maximum absolute atomic E-state index is 13.9. The predicted octanol–water partition coefficient (Wildman–Crippen LogP) is 4.23. The predicted molar refractivity (Wildman–Crippen MR) is 113 cm³/mol. The number of methoxy groups -OCH3 is 1. The standard InChI is InChI=1S/C24H35FN2O2/c1-24(25)12-18(24)15-29-23-10-17-7-8-27-13-19(9-16-5-4-6-16)26(2)14-21(27)20(17)11-22(23)28-3/h10-11,16,18-19,21H,4-9,12-15H2,1-3H3. The highest BCUT2D eigenvalue weighted by Gasteiger charge is 2.51. The van der Waals surface area contributed by atoms with Crippen molar-refractivity contribution < 1.29 is 13.9 Å². The van der Waals surface area contributed by atoms with Crippen molar-refractivity contribution >= 4 is 0 Å². The highest BCUT2D eigenvalue weighted by molar-refractivity contribution is 5.50. The summed E-state index contributed by atoms with van der Waals surface area (Å²) < 4.78 is 25.5. The van der Waals surface area contributed by atoms with Gasteiger partial charge in [0, 0.05) is 37.6 Å². The van der Waals surface area contributed by atoms with Gasteiger partial charge in [0.1, 0.15) is 5.67 Å². The fourth-order valence-electron chi connectivity index (χ4n) is 5.51. The van der Waals surface area contributed by atoms with Gasteiger partial charge >= 0.3 is 0 Å². The van der Waals surface area contributed by atoms with Crippen LogP contribution in [0.2, 0.25) is 0 Å². The molecule has 0 aromatic heterocycles. The Morgan fingerprint density at radius 2 is 2.00 bits per heavy atom. The van der Waals surface area contributed by atoms with Crippen LogP contribution in [0.4, 0.5) is 4.39 Å². The molecule has 4 unspecified atom stereocenters. The van der Waals surface area contributed by atoms with Crippen molar-refractivity contribution in [1.82, 2.24) is 9.80 Å². The Morgan fingerprint density at radius 1 is 1.21 bits per heavy atom. The van der Waals surface area contributed by atoms with Gasteiger partial charge in [-0.3, -0.25) is 4.90 Å². The molecule has 29 heavy (non-hydrogen) atoms. The van der Waals surface area contributed by atoms with Crippen LogP contribution in [-0.4, -0.2) is 61.9 Å². The summed E-state index contributed by atoms with van der Waals surface area (Å²) in [6.07, 6.45) is 7.30. The second-order valence-corrected chi connectivity index (χ2v) is 10.1. The summed E-state index contributed by atoms with van der Waals surface area (Å²) in [7, 11) is 4.00. The molecule has 2 heterocycles. The van der Waals surface area contributed by atoms with E-state index in [1.165, 1.54) is 43.4 Å². The van der Waals surface area contributed by atoms with Crippen LogP contribution < -0.4 is 9.47 Å². The number of hydrogen-bond acceptors (Lipinski definition) is 4. The second kappa shape index (κ2) is 7.42. The molecule has 4 nitrogen and oxygen atoms in total. The van der Waals surface area contributed by atoms with Crippen molar-refractivity contribution in [2.24, 2.45) is 11.8 Å². The van der Waals surface area contributed by atoms with Gasteiger partial charge in [-0.05, 0) is 62.4 Å². The molecule has 160 valence electrons. The number of rotatable bonds is 6. The van der Waals surface area contributed by atoms with Gasteiger partial charge in [0.2, 0.25) is 0 Å². The zero-order valence-electron chi connectivity index (χ0n) is 18.1. The Balaban J connectivity index is 1.31. The lowest BCUT2D eigenvalue weighted by atomic mass is 9.79. The molecule has 1 aromatic rings. The quantitative estimate of drug-likeness (QED) is 0.711. The normalized spacial score (nSPS) is 34.8. The van der Waals surface area contributed by atoms with Crippen LogP contribution in [0.15, 0.2) is 12.1 Å². The molecule has 0 bridgehead atoms. The number of halogens is 1. The van der Waals surface area contributed by atoms with Crippen LogP contribution in [0, 0.1) is 11.8 Å². The lowest BCUT2D eigenvalue weighted by Crippen LogP contribution is -2.55. The minimum absolute atomic E-state index is 0.0123. The summed E-state index contributed by atoms with van der Waals surface area (Å²) in [4.78, 5) is 5.27. The molecular weight excluding hydrogens is 367 g/mol. The number of alkyl halides is 1. The van der Waals surface area contributed by atoms with Crippen LogP contribution in [0.25, 0.3) is 0 Å². The molecule has 3 fully saturated rings. The van der Waals surface area contributed by atoms with Crippen LogP contribution in [-0.2, 0) is 6.42 Å². The monoisotopic (exact) mass is 402 g/mol. The van der Waals surface area contributed by atoms with Gasteiger partial charge in [-0.1, -0.05) is 19.3 Å². The maximum Gasteiger partial charge on any atom is 0.161 e. The van der Waals surface area contributed by atoms with Gasteiger partial charge in [-0.15, -0.1) is 0 Å². The van der Waals surface area contributed by atoms with E-state index in [-0.39, 0.29) is 5.92 Å². The van der Waals surface area contributed by atoms with Crippen molar-refractivity contribution in [1.29, 1.82) is 0 Å². The van der Waals surface area contributed by atoms with Gasteiger partial charge in [0.05, 0.1) is 13.7 Å². The van der Waals surface area contributed by atoms with Crippen LogP contribution in [0.5, 0.6) is 11.5 Å². The molecule has 4 atom stereocenters. The molecule has 0 radical (unpaired) electrons. The van der Waals surface area contributed by atoms with Gasteiger partial charge in [-0.2, -0.15) is 0 Å². The van der Waals surface area contributed by atoms with E-state index in [0.717, 1.165) is 36.9 Å². The van der Waals surface area contributed by atoms with Gasteiger partial charge < -0.3 is 14.4 Å². The van der Waals surface area contributed by atoms with Gasteiger partial charge in [0.15, 0.2) is 11.5 Å². The summed E-state index contributed by atoms with van der Waals surface area (Å²) in [6.45, 7) is 5.47. The van der Waals surface area contributed by atoms with E-state index in [4.69, 9.17) is 9.47 Å². The molecule has 0 N–H and O–H groups in total. The van der Waals surface area contributed by atoms with E-state index >= 15 is 0 Å². The number of hydrogen-bond donors (Lipinski definition) is 0. The van der Waals surface area contributed by atoms with Crippen molar-refractivity contribution in [2.75, 3.05) is 40.4 Å².